The van der Waals surface area contributed by atoms with E-state index in [9.17, 15) is 9.59 Å². The molecule has 0 saturated heterocycles. The van der Waals surface area contributed by atoms with Crippen LogP contribution >= 0.6 is 11.3 Å². The number of hydrogen-bond donors (Lipinski definition) is 2. The number of amides is 2. The van der Waals surface area contributed by atoms with E-state index in [1.807, 2.05) is 29.6 Å². The van der Waals surface area contributed by atoms with Gasteiger partial charge in [-0.05, 0) is 48.1 Å². The minimum absolute atomic E-state index is 0.263. The number of urea groups is 1. The molecule has 4 rings (SSSR count). The Morgan fingerprint density at radius 1 is 1.22 bits per heavy atom. The van der Waals surface area contributed by atoms with Crippen molar-refractivity contribution in [1.82, 2.24) is 15.5 Å². The molecular weight excluding hydrogens is 430 g/mol. The molecule has 0 saturated carbocycles. The summed E-state index contributed by atoms with van der Waals surface area (Å²) in [7, 11) is 3.25. The molecule has 3 heterocycles. The molecule has 0 unspecified atom stereocenters. The maximum Gasteiger partial charge on any atom is 0.338 e. The van der Waals surface area contributed by atoms with E-state index < -0.39 is 12.0 Å². The van der Waals surface area contributed by atoms with Gasteiger partial charge in [0.05, 0.1) is 32.4 Å². The van der Waals surface area contributed by atoms with Gasteiger partial charge in [0.15, 0.2) is 11.5 Å². The lowest BCUT2D eigenvalue weighted by atomic mass is 9.97. The first-order valence-electron chi connectivity index (χ1n) is 10.5. The minimum Gasteiger partial charge on any atom is -0.493 e. The number of nitrogens with one attached hydrogen (secondary N) is 2. The molecule has 1 atom stereocenters. The van der Waals surface area contributed by atoms with Gasteiger partial charge >= 0.3 is 12.0 Å². The van der Waals surface area contributed by atoms with Crippen molar-refractivity contribution in [1.29, 1.82) is 0 Å². The van der Waals surface area contributed by atoms with E-state index in [0.29, 0.717) is 30.1 Å². The lowest BCUT2D eigenvalue weighted by Gasteiger charge is -2.34. The number of methoxy groups -OCH3 is 2. The summed E-state index contributed by atoms with van der Waals surface area (Å²) in [5.41, 5.74) is 3.38. The lowest BCUT2D eigenvalue weighted by molar-refractivity contribution is -0.139. The van der Waals surface area contributed by atoms with Crippen LogP contribution in [0.15, 0.2) is 40.9 Å². The Morgan fingerprint density at radius 2 is 1.97 bits per heavy atom. The predicted molar refractivity (Wildman–Crippen MR) is 121 cm³/mol. The molecule has 2 aliphatic rings. The third kappa shape index (κ3) is 4.44. The van der Waals surface area contributed by atoms with E-state index in [1.165, 1.54) is 16.9 Å². The molecule has 0 bridgehead atoms. The Hall–Kier alpha value is -3.04. The predicted octanol–water partition coefficient (Wildman–Crippen LogP) is 2.99. The zero-order valence-electron chi connectivity index (χ0n) is 18.4. The molecule has 9 heteroatoms. The summed E-state index contributed by atoms with van der Waals surface area (Å²) in [6.07, 6.45) is 0.832. The van der Waals surface area contributed by atoms with Crippen LogP contribution in [0.1, 0.15) is 29.0 Å². The molecule has 0 aliphatic carbocycles. The van der Waals surface area contributed by atoms with Crippen molar-refractivity contribution >= 4 is 23.3 Å². The van der Waals surface area contributed by atoms with Crippen LogP contribution in [0, 0.1) is 0 Å². The number of esters is 1. The fraction of sp³-hybridized carbons (Fsp3) is 0.391. The summed E-state index contributed by atoms with van der Waals surface area (Å²) in [5.74, 6) is 0.987. The average Bonchev–Trinajstić information content (AvgIpc) is 3.32. The van der Waals surface area contributed by atoms with Crippen molar-refractivity contribution in [2.45, 2.75) is 25.9 Å². The topological polar surface area (TPSA) is 89.1 Å². The highest BCUT2D eigenvalue weighted by Gasteiger charge is 2.35. The number of ether oxygens (including phenoxy) is 3. The molecule has 1 aromatic heterocycles. The van der Waals surface area contributed by atoms with Crippen LogP contribution in [-0.4, -0.2) is 50.8 Å². The van der Waals surface area contributed by atoms with E-state index in [0.717, 1.165) is 29.2 Å². The average molecular weight is 458 g/mol. The van der Waals surface area contributed by atoms with Gasteiger partial charge < -0.3 is 24.8 Å². The highest BCUT2D eigenvalue weighted by atomic mass is 32.1. The Bertz CT molecular complexity index is 1030. The first kappa shape index (κ1) is 22.2. The highest BCUT2D eigenvalue weighted by Crippen LogP contribution is 2.34. The summed E-state index contributed by atoms with van der Waals surface area (Å²) in [5, 5.41) is 7.65. The van der Waals surface area contributed by atoms with Crippen LogP contribution in [0.5, 0.6) is 11.5 Å². The zero-order chi connectivity index (χ0) is 22.7. The first-order chi connectivity index (χ1) is 15.5. The fourth-order valence-corrected chi connectivity index (χ4v) is 4.95. The molecule has 0 fully saturated rings. The van der Waals surface area contributed by atoms with Crippen LogP contribution < -0.4 is 20.1 Å². The number of carbonyl (C=O) groups is 2. The highest BCUT2D eigenvalue weighted by molar-refractivity contribution is 7.10. The molecule has 0 spiro atoms. The van der Waals surface area contributed by atoms with E-state index in [2.05, 4.69) is 15.5 Å². The molecule has 1 aromatic carbocycles. The van der Waals surface area contributed by atoms with Gasteiger partial charge in [-0.15, -0.1) is 11.3 Å². The first-order valence-corrected chi connectivity index (χ1v) is 11.4. The SMILES string of the molecule is CCOC(=O)C1=C(CN2CCc3cc(OC)c(OC)cc3C2)NC(=O)N[C@H]1c1cccs1. The molecule has 2 N–H and O–H groups in total. The van der Waals surface area contributed by atoms with Gasteiger partial charge in [-0.1, -0.05) is 6.07 Å². The van der Waals surface area contributed by atoms with E-state index in [4.69, 9.17) is 14.2 Å². The largest absolute Gasteiger partial charge is 0.493 e. The summed E-state index contributed by atoms with van der Waals surface area (Å²) in [4.78, 5) is 28.4. The van der Waals surface area contributed by atoms with Crippen LogP contribution in [0.25, 0.3) is 0 Å². The van der Waals surface area contributed by atoms with Crippen molar-refractivity contribution in [2.24, 2.45) is 0 Å². The van der Waals surface area contributed by atoms with Gasteiger partial charge in [0, 0.05) is 30.2 Å². The van der Waals surface area contributed by atoms with Crippen molar-refractivity contribution < 1.29 is 23.8 Å². The van der Waals surface area contributed by atoms with Gasteiger partial charge in [-0.25, -0.2) is 9.59 Å². The van der Waals surface area contributed by atoms with Crippen molar-refractivity contribution in [3.63, 3.8) is 0 Å². The molecule has 8 nitrogen and oxygen atoms in total. The fourth-order valence-electron chi connectivity index (χ4n) is 4.16. The van der Waals surface area contributed by atoms with Crippen LogP contribution in [0.2, 0.25) is 0 Å². The number of thiophene rings is 1. The van der Waals surface area contributed by atoms with Gasteiger partial charge in [0.2, 0.25) is 0 Å². The standard InChI is InChI=1S/C23H27N3O5S/c1-4-31-22(27)20-16(24-23(28)25-21(20)19-6-5-9-32-19)13-26-8-7-14-10-17(29-2)18(30-3)11-15(14)12-26/h5-6,9-11,21H,4,7-8,12-13H2,1-3H3,(H2,24,25,28)/t21-/m0/s1. The van der Waals surface area contributed by atoms with E-state index >= 15 is 0 Å². The van der Waals surface area contributed by atoms with E-state index in [1.54, 1.807) is 21.1 Å². The summed E-state index contributed by atoms with van der Waals surface area (Å²) < 4.78 is 16.2. The van der Waals surface area contributed by atoms with Crippen LogP contribution in [0.4, 0.5) is 4.79 Å². The molecule has 170 valence electrons. The van der Waals surface area contributed by atoms with Crippen molar-refractivity contribution in [3.8, 4) is 11.5 Å². The third-order valence-corrected chi connectivity index (χ3v) is 6.59. The van der Waals surface area contributed by atoms with Crippen molar-refractivity contribution in [3.05, 3.63) is 56.9 Å². The number of nitrogens with zero attached hydrogens (tertiary/aromatic N) is 1. The second-order valence-electron chi connectivity index (χ2n) is 7.60. The maximum absolute atomic E-state index is 12.9. The second kappa shape index (κ2) is 9.62. The zero-order valence-corrected chi connectivity index (χ0v) is 19.2. The Labute approximate surface area is 191 Å². The van der Waals surface area contributed by atoms with Gasteiger partial charge in [-0.3, -0.25) is 4.90 Å². The molecule has 2 aliphatic heterocycles. The summed E-state index contributed by atoms with van der Waals surface area (Å²) >= 11 is 1.49. The van der Waals surface area contributed by atoms with Gasteiger partial charge in [0.25, 0.3) is 0 Å². The summed E-state index contributed by atoms with van der Waals surface area (Å²) in [6, 6.07) is 6.98. The number of carbonyl (C=O) groups excluding carboxylic acids is 2. The number of fused-ring (bicyclic) bond motifs is 1. The normalized spacial score (nSPS) is 18.5. The number of benzene rings is 1. The molecule has 32 heavy (non-hydrogen) atoms. The maximum atomic E-state index is 12.9. The minimum atomic E-state index is -0.528. The Kier molecular flexibility index (Phi) is 6.66. The lowest BCUT2D eigenvalue weighted by Crippen LogP contribution is -2.48. The van der Waals surface area contributed by atoms with Gasteiger partial charge in [0.1, 0.15) is 0 Å². The number of hydrogen-bond acceptors (Lipinski definition) is 7. The van der Waals surface area contributed by atoms with E-state index in [-0.39, 0.29) is 12.6 Å². The molecule has 2 amide bonds. The van der Waals surface area contributed by atoms with Crippen LogP contribution in [-0.2, 0) is 22.5 Å². The Morgan fingerprint density at radius 3 is 2.62 bits per heavy atom. The third-order valence-electron chi connectivity index (χ3n) is 5.66. The number of rotatable bonds is 7. The van der Waals surface area contributed by atoms with Gasteiger partial charge in [-0.2, -0.15) is 0 Å². The van der Waals surface area contributed by atoms with Crippen LogP contribution in [0.3, 0.4) is 0 Å². The monoisotopic (exact) mass is 457 g/mol. The summed E-state index contributed by atoms with van der Waals surface area (Å²) in [6.45, 7) is 3.92. The molecular formula is C23H27N3O5S. The Balaban J connectivity index is 1.64. The quantitative estimate of drug-likeness (QED) is 0.622. The molecule has 2 aromatic rings. The van der Waals surface area contributed by atoms with Crippen molar-refractivity contribution in [2.75, 3.05) is 33.9 Å². The second-order valence-corrected chi connectivity index (χ2v) is 8.58. The smallest absolute Gasteiger partial charge is 0.338 e. The molecule has 0 radical (unpaired) electrons.